The smallest absolute Gasteiger partial charge is 0.319 e. The number of carbonyl (C=O) groups is 1. The predicted octanol–water partition coefficient (Wildman–Crippen LogP) is 3.69. The molecular weight excluding hydrogens is 332 g/mol. The van der Waals surface area contributed by atoms with Gasteiger partial charge in [-0.1, -0.05) is 29.8 Å². The topological polar surface area (TPSA) is 68.8 Å². The number of nitrogens with one attached hydrogen (secondary N) is 2. The van der Waals surface area contributed by atoms with Crippen molar-refractivity contribution in [3.63, 3.8) is 0 Å². The van der Waals surface area contributed by atoms with Crippen molar-refractivity contribution in [1.29, 1.82) is 0 Å². The van der Waals surface area contributed by atoms with Crippen LogP contribution in [-0.2, 0) is 6.54 Å². The van der Waals surface area contributed by atoms with Gasteiger partial charge >= 0.3 is 6.03 Å². The van der Waals surface area contributed by atoms with Crippen molar-refractivity contribution in [3.05, 3.63) is 47.0 Å². The molecule has 0 atom stereocenters. The maximum absolute atomic E-state index is 12.1. The molecule has 0 heterocycles. The number of hydrogen-bond acceptors (Lipinski definition) is 4. The maximum Gasteiger partial charge on any atom is 0.319 e. The Morgan fingerprint density at radius 3 is 2.33 bits per heavy atom. The summed E-state index contributed by atoms with van der Waals surface area (Å²) in [7, 11) is 4.58. The molecule has 0 unspecified atom stereocenters. The molecule has 0 bridgehead atoms. The largest absolute Gasteiger partial charge is 0.496 e. The van der Waals surface area contributed by atoms with Gasteiger partial charge in [0, 0.05) is 24.2 Å². The number of methoxy groups -OCH3 is 3. The van der Waals surface area contributed by atoms with Gasteiger partial charge in [0.05, 0.1) is 32.0 Å². The molecule has 0 saturated carbocycles. The van der Waals surface area contributed by atoms with E-state index in [0.29, 0.717) is 34.5 Å². The Morgan fingerprint density at radius 2 is 1.67 bits per heavy atom. The van der Waals surface area contributed by atoms with Gasteiger partial charge in [-0.2, -0.15) is 0 Å². The molecule has 0 saturated heterocycles. The van der Waals surface area contributed by atoms with Crippen molar-refractivity contribution in [3.8, 4) is 17.2 Å². The zero-order valence-corrected chi connectivity index (χ0v) is 14.4. The zero-order valence-electron chi connectivity index (χ0n) is 13.7. The molecule has 0 radical (unpaired) electrons. The fraction of sp³-hybridized carbons (Fsp3) is 0.235. The number of ether oxygens (including phenoxy) is 3. The van der Waals surface area contributed by atoms with Gasteiger partial charge in [0.25, 0.3) is 0 Å². The van der Waals surface area contributed by atoms with Crippen LogP contribution in [0, 0.1) is 0 Å². The van der Waals surface area contributed by atoms with E-state index in [9.17, 15) is 4.79 Å². The Kier molecular flexibility index (Phi) is 6.14. The molecule has 24 heavy (non-hydrogen) atoms. The fourth-order valence-electron chi connectivity index (χ4n) is 2.15. The first-order chi connectivity index (χ1) is 11.6. The molecule has 2 aromatic carbocycles. The summed E-state index contributed by atoms with van der Waals surface area (Å²) in [5.74, 6) is 1.59. The average Bonchev–Trinajstić information content (AvgIpc) is 2.61. The molecule has 0 aliphatic carbocycles. The summed E-state index contributed by atoms with van der Waals surface area (Å²) in [6.45, 7) is 0.322. The molecule has 2 amide bonds. The molecule has 2 N–H and O–H groups in total. The van der Waals surface area contributed by atoms with Crippen molar-refractivity contribution in [2.75, 3.05) is 26.6 Å². The second-order valence-electron chi connectivity index (χ2n) is 4.81. The third kappa shape index (κ3) is 4.23. The molecule has 7 heteroatoms. The number of amides is 2. The number of carbonyl (C=O) groups excluding carboxylic acids is 1. The van der Waals surface area contributed by atoms with E-state index in [1.54, 1.807) is 19.2 Å². The Morgan fingerprint density at radius 1 is 1.00 bits per heavy atom. The van der Waals surface area contributed by atoms with Crippen molar-refractivity contribution in [2.45, 2.75) is 6.54 Å². The zero-order chi connectivity index (χ0) is 17.5. The lowest BCUT2D eigenvalue weighted by molar-refractivity contribution is 0.251. The van der Waals surface area contributed by atoms with Crippen LogP contribution in [0.3, 0.4) is 0 Å². The summed E-state index contributed by atoms with van der Waals surface area (Å²) in [5, 5.41) is 5.88. The van der Waals surface area contributed by atoms with Crippen molar-refractivity contribution in [1.82, 2.24) is 5.32 Å². The molecule has 0 spiro atoms. The number of rotatable bonds is 6. The van der Waals surface area contributed by atoms with Crippen LogP contribution in [0.25, 0.3) is 0 Å². The highest BCUT2D eigenvalue weighted by Crippen LogP contribution is 2.35. The number of halogens is 1. The molecule has 0 aromatic heterocycles. The number of anilines is 1. The third-order valence-corrected chi connectivity index (χ3v) is 3.65. The lowest BCUT2D eigenvalue weighted by Crippen LogP contribution is -2.28. The first-order valence-electron chi connectivity index (χ1n) is 7.17. The predicted molar refractivity (Wildman–Crippen MR) is 93.4 cm³/mol. The SMILES string of the molecule is COc1cc(NC(=O)NCc2ccccc2OC)c(OC)cc1Cl. The summed E-state index contributed by atoms with van der Waals surface area (Å²) >= 11 is 6.04. The lowest BCUT2D eigenvalue weighted by atomic mass is 10.2. The molecule has 6 nitrogen and oxygen atoms in total. The molecule has 0 fully saturated rings. The van der Waals surface area contributed by atoms with Crippen LogP contribution in [0.5, 0.6) is 17.2 Å². The highest BCUT2D eigenvalue weighted by Gasteiger charge is 2.13. The minimum Gasteiger partial charge on any atom is -0.496 e. The van der Waals surface area contributed by atoms with E-state index in [1.165, 1.54) is 14.2 Å². The van der Waals surface area contributed by atoms with Crippen LogP contribution < -0.4 is 24.8 Å². The lowest BCUT2D eigenvalue weighted by Gasteiger charge is -2.14. The minimum atomic E-state index is -0.386. The van der Waals surface area contributed by atoms with Crippen LogP contribution in [-0.4, -0.2) is 27.4 Å². The van der Waals surface area contributed by atoms with Crippen LogP contribution in [0.4, 0.5) is 10.5 Å². The van der Waals surface area contributed by atoms with E-state index in [0.717, 1.165) is 5.56 Å². The van der Waals surface area contributed by atoms with Crippen LogP contribution >= 0.6 is 11.6 Å². The highest BCUT2D eigenvalue weighted by molar-refractivity contribution is 6.32. The Labute approximate surface area is 145 Å². The monoisotopic (exact) mass is 350 g/mol. The molecule has 2 aromatic rings. The van der Waals surface area contributed by atoms with Crippen molar-refractivity contribution < 1.29 is 19.0 Å². The third-order valence-electron chi connectivity index (χ3n) is 3.35. The fourth-order valence-corrected chi connectivity index (χ4v) is 2.38. The van der Waals surface area contributed by atoms with Crippen LogP contribution in [0.15, 0.2) is 36.4 Å². The van der Waals surface area contributed by atoms with Crippen LogP contribution in [0.1, 0.15) is 5.56 Å². The maximum atomic E-state index is 12.1. The Balaban J connectivity index is 2.07. The quantitative estimate of drug-likeness (QED) is 0.833. The van der Waals surface area contributed by atoms with Gasteiger partial charge < -0.3 is 24.8 Å². The molecule has 0 aliphatic heterocycles. The van der Waals surface area contributed by atoms with Crippen molar-refractivity contribution in [2.24, 2.45) is 0 Å². The number of para-hydroxylation sites is 1. The molecule has 2 rings (SSSR count). The Hall–Kier alpha value is -2.60. The van der Waals surface area contributed by atoms with Crippen molar-refractivity contribution >= 4 is 23.3 Å². The molecule has 128 valence electrons. The second kappa shape index (κ2) is 8.31. The van der Waals surface area contributed by atoms with Gasteiger partial charge in [0.2, 0.25) is 0 Å². The first kappa shape index (κ1) is 17.7. The number of hydrogen-bond donors (Lipinski definition) is 2. The van der Waals surface area contributed by atoms with E-state index < -0.39 is 0 Å². The van der Waals surface area contributed by atoms with E-state index in [4.69, 9.17) is 25.8 Å². The summed E-state index contributed by atoms with van der Waals surface area (Å²) in [6, 6.07) is 10.3. The van der Waals surface area contributed by atoms with Gasteiger partial charge in [-0.25, -0.2) is 4.79 Å². The van der Waals surface area contributed by atoms with Gasteiger partial charge in [-0.3, -0.25) is 0 Å². The summed E-state index contributed by atoms with van der Waals surface area (Å²) in [5.41, 5.74) is 1.33. The van der Waals surface area contributed by atoms with Gasteiger partial charge in [0.1, 0.15) is 17.2 Å². The number of urea groups is 1. The van der Waals surface area contributed by atoms with Gasteiger partial charge in [0.15, 0.2) is 0 Å². The standard InChI is InChI=1S/C17H19ClN2O4/c1-22-14-7-5-4-6-11(14)10-19-17(21)20-13-9-15(23-2)12(18)8-16(13)24-3/h4-9H,10H2,1-3H3,(H2,19,20,21). The Bertz CT molecular complexity index is 722. The van der Waals surface area contributed by atoms with Gasteiger partial charge in [-0.05, 0) is 6.07 Å². The molecule has 0 aliphatic rings. The first-order valence-corrected chi connectivity index (χ1v) is 7.55. The normalized spacial score (nSPS) is 10.0. The highest BCUT2D eigenvalue weighted by atomic mass is 35.5. The summed E-state index contributed by atoms with van der Waals surface area (Å²) in [4.78, 5) is 12.1. The van der Waals surface area contributed by atoms with Crippen LogP contribution in [0.2, 0.25) is 5.02 Å². The number of benzene rings is 2. The second-order valence-corrected chi connectivity index (χ2v) is 5.21. The minimum absolute atomic E-state index is 0.322. The summed E-state index contributed by atoms with van der Waals surface area (Å²) in [6.07, 6.45) is 0. The van der Waals surface area contributed by atoms with E-state index >= 15 is 0 Å². The van der Waals surface area contributed by atoms with Gasteiger partial charge in [-0.15, -0.1) is 0 Å². The van der Waals surface area contributed by atoms with E-state index in [-0.39, 0.29) is 6.03 Å². The molecular formula is C17H19ClN2O4. The summed E-state index contributed by atoms with van der Waals surface area (Å²) < 4.78 is 15.6. The van der Waals surface area contributed by atoms with E-state index in [1.807, 2.05) is 24.3 Å². The van der Waals surface area contributed by atoms with E-state index in [2.05, 4.69) is 10.6 Å². The average molecular weight is 351 g/mol.